The van der Waals surface area contributed by atoms with Gasteiger partial charge in [0, 0.05) is 6.04 Å². The minimum atomic E-state index is -0.184. The summed E-state index contributed by atoms with van der Waals surface area (Å²) in [5.41, 5.74) is 2.47. The van der Waals surface area contributed by atoms with Gasteiger partial charge in [0.15, 0.2) is 4.77 Å². The van der Waals surface area contributed by atoms with Crippen LogP contribution in [0.1, 0.15) is 57.6 Å². The number of nitrogens with zero attached hydrogens (tertiary/aromatic N) is 1. The zero-order valence-corrected chi connectivity index (χ0v) is 13.3. The number of aromatic amines is 1. The molecule has 1 N–H and O–H groups in total. The van der Waals surface area contributed by atoms with E-state index in [1.165, 1.54) is 25.7 Å². The lowest BCUT2D eigenvalue weighted by Crippen LogP contribution is -2.05. The van der Waals surface area contributed by atoms with Crippen LogP contribution in [-0.4, -0.2) is 9.55 Å². The van der Waals surface area contributed by atoms with Crippen molar-refractivity contribution in [1.29, 1.82) is 0 Å². The van der Waals surface area contributed by atoms with Crippen LogP contribution in [0.25, 0.3) is 11.0 Å². The largest absolute Gasteiger partial charge is 0.330 e. The van der Waals surface area contributed by atoms with Crippen molar-refractivity contribution in [2.75, 3.05) is 0 Å². The number of fused-ring (bicyclic) bond motifs is 1. The molecule has 0 radical (unpaired) electrons. The molecule has 0 bridgehead atoms. The highest BCUT2D eigenvalue weighted by Gasteiger charge is 2.12. The lowest BCUT2D eigenvalue weighted by Gasteiger charge is -2.14. The number of benzene rings is 1. The molecule has 0 spiro atoms. The molecule has 4 heteroatoms. The minimum Gasteiger partial charge on any atom is -0.330 e. The molecule has 0 amide bonds. The Balaban J connectivity index is 2.26. The average molecular weight is 294 g/mol. The van der Waals surface area contributed by atoms with E-state index in [2.05, 4.69) is 23.4 Å². The van der Waals surface area contributed by atoms with E-state index in [9.17, 15) is 4.39 Å². The monoisotopic (exact) mass is 294 g/mol. The molecule has 1 aromatic heterocycles. The fourth-order valence-corrected chi connectivity index (χ4v) is 3.07. The molecular weight excluding hydrogens is 271 g/mol. The SMILES string of the molecule is CCCCCCC(C)n1c(=S)[nH]c2cc(F)c(C)cc21. The summed E-state index contributed by atoms with van der Waals surface area (Å²) in [6, 6.07) is 3.78. The van der Waals surface area contributed by atoms with E-state index in [-0.39, 0.29) is 5.82 Å². The van der Waals surface area contributed by atoms with Gasteiger partial charge in [-0.1, -0.05) is 32.6 Å². The molecule has 2 aromatic rings. The highest BCUT2D eigenvalue weighted by molar-refractivity contribution is 7.71. The third-order valence-corrected chi connectivity index (χ3v) is 4.21. The van der Waals surface area contributed by atoms with Crippen molar-refractivity contribution in [1.82, 2.24) is 9.55 Å². The number of H-pyrrole nitrogens is 1. The van der Waals surface area contributed by atoms with Crippen LogP contribution >= 0.6 is 12.2 Å². The molecular formula is C16H23FN2S. The van der Waals surface area contributed by atoms with Gasteiger partial charge in [0.25, 0.3) is 0 Å². The molecule has 0 aliphatic rings. The normalized spacial score (nSPS) is 13.0. The van der Waals surface area contributed by atoms with Gasteiger partial charge in [0.1, 0.15) is 5.82 Å². The van der Waals surface area contributed by atoms with Gasteiger partial charge < -0.3 is 9.55 Å². The van der Waals surface area contributed by atoms with Crippen molar-refractivity contribution in [3.8, 4) is 0 Å². The summed E-state index contributed by atoms with van der Waals surface area (Å²) >= 11 is 5.40. The Bertz CT molecular complexity index is 642. The first kappa shape index (κ1) is 15.2. The second-order valence-electron chi connectivity index (χ2n) is 5.62. The maximum absolute atomic E-state index is 13.6. The molecule has 1 heterocycles. The Morgan fingerprint density at radius 3 is 2.75 bits per heavy atom. The summed E-state index contributed by atoms with van der Waals surface area (Å²) in [6.45, 7) is 6.20. The second kappa shape index (κ2) is 6.53. The highest BCUT2D eigenvalue weighted by Crippen LogP contribution is 2.25. The van der Waals surface area contributed by atoms with Gasteiger partial charge in [-0.05, 0) is 50.2 Å². The molecule has 0 aliphatic carbocycles. The van der Waals surface area contributed by atoms with Crippen LogP contribution in [0.4, 0.5) is 4.39 Å². The van der Waals surface area contributed by atoms with E-state index in [0.29, 0.717) is 16.4 Å². The molecule has 0 saturated heterocycles. The van der Waals surface area contributed by atoms with E-state index in [0.717, 1.165) is 17.5 Å². The van der Waals surface area contributed by atoms with Crippen LogP contribution in [0, 0.1) is 17.5 Å². The molecule has 1 atom stereocenters. The van der Waals surface area contributed by atoms with E-state index < -0.39 is 0 Å². The standard InChI is InChI=1S/C16H23FN2S/c1-4-5-6-7-8-12(3)19-15-9-11(2)13(17)10-14(15)18-16(19)20/h9-10,12H,4-8H2,1-3H3,(H,18,20). The lowest BCUT2D eigenvalue weighted by atomic mass is 10.1. The highest BCUT2D eigenvalue weighted by atomic mass is 32.1. The number of hydrogen-bond donors (Lipinski definition) is 1. The maximum atomic E-state index is 13.6. The van der Waals surface area contributed by atoms with Gasteiger partial charge >= 0.3 is 0 Å². The van der Waals surface area contributed by atoms with Crippen molar-refractivity contribution in [2.45, 2.75) is 58.9 Å². The fourth-order valence-electron chi connectivity index (χ4n) is 2.68. The van der Waals surface area contributed by atoms with E-state index in [4.69, 9.17) is 12.2 Å². The summed E-state index contributed by atoms with van der Waals surface area (Å²) in [7, 11) is 0. The van der Waals surface area contributed by atoms with Crippen molar-refractivity contribution in [2.24, 2.45) is 0 Å². The topological polar surface area (TPSA) is 20.7 Å². The Morgan fingerprint density at radius 1 is 1.30 bits per heavy atom. The summed E-state index contributed by atoms with van der Waals surface area (Å²) in [4.78, 5) is 3.12. The number of halogens is 1. The van der Waals surface area contributed by atoms with Gasteiger partial charge in [0.2, 0.25) is 0 Å². The quantitative estimate of drug-likeness (QED) is 0.537. The van der Waals surface area contributed by atoms with Gasteiger partial charge in [-0.2, -0.15) is 0 Å². The Morgan fingerprint density at radius 2 is 2.05 bits per heavy atom. The number of unbranched alkanes of at least 4 members (excludes halogenated alkanes) is 3. The molecule has 0 fully saturated rings. The number of rotatable bonds is 6. The van der Waals surface area contributed by atoms with Crippen molar-refractivity contribution in [3.63, 3.8) is 0 Å². The second-order valence-corrected chi connectivity index (χ2v) is 6.00. The first-order valence-electron chi connectivity index (χ1n) is 7.45. The third-order valence-electron chi connectivity index (χ3n) is 3.91. The van der Waals surface area contributed by atoms with Crippen LogP contribution in [0.5, 0.6) is 0 Å². The molecule has 0 aliphatic heterocycles. The Hall–Kier alpha value is -1.16. The van der Waals surface area contributed by atoms with Crippen LogP contribution in [-0.2, 0) is 0 Å². The van der Waals surface area contributed by atoms with Crippen LogP contribution in [0.2, 0.25) is 0 Å². The Kier molecular flexibility index (Phi) is 4.97. The summed E-state index contributed by atoms with van der Waals surface area (Å²) < 4.78 is 16.4. The third kappa shape index (κ3) is 3.11. The molecule has 2 nitrogen and oxygen atoms in total. The maximum Gasteiger partial charge on any atom is 0.178 e. The van der Waals surface area contributed by atoms with E-state index in [1.54, 1.807) is 13.0 Å². The number of aromatic nitrogens is 2. The molecule has 0 saturated carbocycles. The average Bonchev–Trinajstić information content (AvgIpc) is 2.70. The number of aryl methyl sites for hydroxylation is 1. The Labute approximate surface area is 125 Å². The van der Waals surface area contributed by atoms with Gasteiger partial charge in [-0.25, -0.2) is 4.39 Å². The van der Waals surface area contributed by atoms with Crippen LogP contribution in [0.3, 0.4) is 0 Å². The van der Waals surface area contributed by atoms with Gasteiger partial charge in [-0.15, -0.1) is 0 Å². The summed E-state index contributed by atoms with van der Waals surface area (Å²) in [5.74, 6) is -0.184. The number of nitrogens with one attached hydrogen (secondary N) is 1. The fraction of sp³-hybridized carbons (Fsp3) is 0.562. The predicted octanol–water partition coefficient (Wildman–Crippen LogP) is 5.68. The molecule has 1 unspecified atom stereocenters. The van der Waals surface area contributed by atoms with Crippen molar-refractivity contribution in [3.05, 3.63) is 28.3 Å². The van der Waals surface area contributed by atoms with Gasteiger partial charge in [0.05, 0.1) is 11.0 Å². The lowest BCUT2D eigenvalue weighted by molar-refractivity contribution is 0.478. The number of imidazole rings is 1. The number of hydrogen-bond acceptors (Lipinski definition) is 1. The van der Waals surface area contributed by atoms with Gasteiger partial charge in [-0.3, -0.25) is 0 Å². The zero-order chi connectivity index (χ0) is 14.7. The zero-order valence-electron chi connectivity index (χ0n) is 12.5. The van der Waals surface area contributed by atoms with Crippen molar-refractivity contribution >= 4 is 23.3 Å². The molecule has 20 heavy (non-hydrogen) atoms. The first-order valence-corrected chi connectivity index (χ1v) is 7.85. The predicted molar refractivity (Wildman–Crippen MR) is 85.3 cm³/mol. The van der Waals surface area contributed by atoms with E-state index in [1.807, 2.05) is 6.07 Å². The van der Waals surface area contributed by atoms with Crippen LogP contribution in [0.15, 0.2) is 12.1 Å². The smallest absolute Gasteiger partial charge is 0.178 e. The molecule has 2 rings (SSSR count). The van der Waals surface area contributed by atoms with Crippen molar-refractivity contribution < 1.29 is 4.39 Å². The van der Waals surface area contributed by atoms with E-state index >= 15 is 0 Å². The summed E-state index contributed by atoms with van der Waals surface area (Å²) in [6.07, 6.45) is 6.13. The first-order chi connectivity index (χ1) is 9.54. The minimum absolute atomic E-state index is 0.184. The molecule has 110 valence electrons. The molecule has 1 aromatic carbocycles. The van der Waals surface area contributed by atoms with Crippen LogP contribution < -0.4 is 0 Å². The summed E-state index contributed by atoms with van der Waals surface area (Å²) in [5, 5.41) is 0.